The monoisotopic (exact) mass is 351 g/mol. The maximum atomic E-state index is 4.68. The van der Waals surface area contributed by atoms with Gasteiger partial charge in [0.2, 0.25) is 0 Å². The van der Waals surface area contributed by atoms with E-state index in [2.05, 4.69) is 52.1 Å². The molecule has 0 atom stereocenters. The van der Waals surface area contributed by atoms with E-state index in [0.717, 1.165) is 33.3 Å². The normalized spacial score (nSPS) is 10.5. The van der Waals surface area contributed by atoms with Crippen molar-refractivity contribution in [3.63, 3.8) is 0 Å². The zero-order valence-corrected chi connectivity index (χ0v) is 15.8. The average Bonchev–Trinajstić information content (AvgIpc) is 3.02. The number of nitrogens with zero attached hydrogens (tertiary/aromatic N) is 3. The Morgan fingerprint density at radius 2 is 1.63 bits per heavy atom. The van der Waals surface area contributed by atoms with Gasteiger partial charge in [0.05, 0.1) is 5.56 Å². The lowest BCUT2D eigenvalue weighted by Crippen LogP contribution is -2.07. The molecule has 2 aromatic carbocycles. The summed E-state index contributed by atoms with van der Waals surface area (Å²) < 4.78 is 2.03. The van der Waals surface area contributed by atoms with Gasteiger partial charge in [-0.3, -0.25) is 0 Å². The molecule has 2 aromatic heterocycles. The fraction of sp³-hybridized carbons (Fsp3) is 0.125. The second kappa shape index (κ2) is 7.01. The smallest absolute Gasteiger partial charge is 0.140 e. The van der Waals surface area contributed by atoms with Gasteiger partial charge in [-0.05, 0) is 35.9 Å². The predicted octanol–water partition coefficient (Wildman–Crippen LogP) is 4.71. The summed E-state index contributed by atoms with van der Waals surface area (Å²) in [4.78, 5) is 6.77. The van der Waals surface area contributed by atoms with Gasteiger partial charge in [-0.1, -0.05) is 42.2 Å². The summed E-state index contributed by atoms with van der Waals surface area (Å²) in [5.74, 6) is 6.56. The van der Waals surface area contributed by atoms with E-state index in [0.29, 0.717) is 0 Å². The van der Waals surface area contributed by atoms with E-state index in [1.165, 1.54) is 5.69 Å². The van der Waals surface area contributed by atoms with Crippen LogP contribution in [0.3, 0.4) is 0 Å². The van der Waals surface area contributed by atoms with Crippen molar-refractivity contribution in [2.45, 2.75) is 0 Å². The molecule has 3 heteroatoms. The molecule has 0 aliphatic heterocycles. The maximum Gasteiger partial charge on any atom is 0.140 e. The highest BCUT2D eigenvalue weighted by atomic mass is 15.1. The number of benzene rings is 2. The predicted molar refractivity (Wildman–Crippen MR) is 113 cm³/mol. The molecule has 0 spiro atoms. The first-order valence-electron chi connectivity index (χ1n) is 8.92. The molecule has 3 nitrogen and oxygen atoms in total. The van der Waals surface area contributed by atoms with Crippen LogP contribution in [0.15, 0.2) is 73.1 Å². The van der Waals surface area contributed by atoms with Gasteiger partial charge in [-0.15, -0.1) is 0 Å². The molecule has 0 aliphatic rings. The van der Waals surface area contributed by atoms with Crippen molar-refractivity contribution >= 4 is 16.7 Å². The maximum absolute atomic E-state index is 4.68. The number of hydrogen-bond acceptors (Lipinski definition) is 2. The Balaban J connectivity index is 1.76. The van der Waals surface area contributed by atoms with Gasteiger partial charge in [-0.25, -0.2) is 4.98 Å². The lowest BCUT2D eigenvalue weighted by atomic mass is 10.0. The summed E-state index contributed by atoms with van der Waals surface area (Å²) in [5, 5.41) is 1.08. The first-order chi connectivity index (χ1) is 13.1. The van der Waals surface area contributed by atoms with Gasteiger partial charge < -0.3 is 9.47 Å². The SMILES string of the molecule is CN(C)c1ccc(-c2cnc3c(c2)c(C#Cc2ccccc2)cn3C)cc1. The van der Waals surface area contributed by atoms with E-state index >= 15 is 0 Å². The lowest BCUT2D eigenvalue weighted by molar-refractivity contribution is 0.947. The van der Waals surface area contributed by atoms with E-state index in [1.807, 2.05) is 68.4 Å². The van der Waals surface area contributed by atoms with Crippen molar-refractivity contribution in [1.82, 2.24) is 9.55 Å². The molecular weight excluding hydrogens is 330 g/mol. The van der Waals surface area contributed by atoms with E-state index in [-0.39, 0.29) is 0 Å². The van der Waals surface area contributed by atoms with Gasteiger partial charge >= 0.3 is 0 Å². The Morgan fingerprint density at radius 3 is 2.33 bits per heavy atom. The van der Waals surface area contributed by atoms with Crippen LogP contribution < -0.4 is 4.90 Å². The number of fused-ring (bicyclic) bond motifs is 1. The Kier molecular flexibility index (Phi) is 4.40. The molecule has 27 heavy (non-hydrogen) atoms. The molecule has 0 fully saturated rings. The minimum atomic E-state index is 0.945. The molecule has 4 rings (SSSR count). The third kappa shape index (κ3) is 3.43. The second-order valence-electron chi connectivity index (χ2n) is 6.81. The van der Waals surface area contributed by atoms with Crippen LogP contribution in [0.2, 0.25) is 0 Å². The Hall–Kier alpha value is -3.51. The van der Waals surface area contributed by atoms with Crippen molar-refractivity contribution in [2.75, 3.05) is 19.0 Å². The molecule has 0 N–H and O–H groups in total. The lowest BCUT2D eigenvalue weighted by Gasteiger charge is -2.12. The van der Waals surface area contributed by atoms with Crippen LogP contribution in [-0.4, -0.2) is 23.6 Å². The molecule has 0 amide bonds. The molecule has 0 aliphatic carbocycles. The van der Waals surface area contributed by atoms with Crippen LogP contribution in [0.25, 0.3) is 22.2 Å². The number of hydrogen-bond donors (Lipinski definition) is 0. The molecule has 0 bridgehead atoms. The van der Waals surface area contributed by atoms with Crippen LogP contribution in [0, 0.1) is 11.8 Å². The second-order valence-corrected chi connectivity index (χ2v) is 6.81. The summed E-state index contributed by atoms with van der Waals surface area (Å²) in [5.41, 5.74) is 6.39. The van der Waals surface area contributed by atoms with Crippen molar-refractivity contribution < 1.29 is 0 Å². The van der Waals surface area contributed by atoms with E-state index in [1.54, 1.807) is 0 Å². The summed E-state index contributed by atoms with van der Waals surface area (Å²) >= 11 is 0. The molecule has 0 radical (unpaired) electrons. The van der Waals surface area contributed by atoms with E-state index in [4.69, 9.17) is 0 Å². The quantitative estimate of drug-likeness (QED) is 0.488. The highest BCUT2D eigenvalue weighted by molar-refractivity contribution is 5.88. The third-order valence-corrected chi connectivity index (χ3v) is 4.65. The van der Waals surface area contributed by atoms with Crippen LogP contribution in [-0.2, 0) is 7.05 Å². The van der Waals surface area contributed by atoms with Gasteiger partial charge in [0.15, 0.2) is 0 Å². The van der Waals surface area contributed by atoms with E-state index in [9.17, 15) is 0 Å². The molecule has 0 unspecified atom stereocenters. The van der Waals surface area contributed by atoms with Gasteiger partial charge in [0.25, 0.3) is 0 Å². The van der Waals surface area contributed by atoms with Crippen molar-refractivity contribution in [3.8, 4) is 23.0 Å². The summed E-state index contributed by atoms with van der Waals surface area (Å²) in [6, 6.07) is 20.8. The minimum Gasteiger partial charge on any atom is -0.378 e. The Bertz CT molecular complexity index is 1140. The topological polar surface area (TPSA) is 21.1 Å². The summed E-state index contributed by atoms with van der Waals surface area (Å²) in [7, 11) is 6.10. The molecular formula is C24H21N3. The fourth-order valence-corrected chi connectivity index (χ4v) is 3.13. The van der Waals surface area contributed by atoms with Gasteiger partial charge in [0, 0.05) is 55.7 Å². The standard InChI is InChI=1S/C24H21N3/c1-26(2)22-13-11-19(12-14-22)21-15-23-20(17-27(3)24(23)25-16-21)10-9-18-7-5-4-6-8-18/h4-8,11-17H,1-3H3. The number of anilines is 1. The Morgan fingerprint density at radius 1 is 0.889 bits per heavy atom. The molecule has 0 saturated carbocycles. The molecule has 2 heterocycles. The van der Waals surface area contributed by atoms with Gasteiger partial charge in [0.1, 0.15) is 5.65 Å². The van der Waals surface area contributed by atoms with Crippen molar-refractivity contribution in [1.29, 1.82) is 0 Å². The van der Waals surface area contributed by atoms with Crippen LogP contribution in [0.5, 0.6) is 0 Å². The zero-order valence-electron chi connectivity index (χ0n) is 15.8. The van der Waals surface area contributed by atoms with Crippen molar-refractivity contribution in [2.24, 2.45) is 7.05 Å². The highest BCUT2D eigenvalue weighted by Crippen LogP contribution is 2.27. The largest absolute Gasteiger partial charge is 0.378 e. The zero-order chi connectivity index (χ0) is 18.8. The first kappa shape index (κ1) is 16.9. The van der Waals surface area contributed by atoms with Crippen LogP contribution in [0.1, 0.15) is 11.1 Å². The number of pyridine rings is 1. The first-order valence-corrected chi connectivity index (χ1v) is 8.92. The number of rotatable bonds is 2. The molecule has 132 valence electrons. The Labute approximate surface area is 159 Å². The summed E-state index contributed by atoms with van der Waals surface area (Å²) in [6.07, 6.45) is 3.98. The molecule has 4 aromatic rings. The fourth-order valence-electron chi connectivity index (χ4n) is 3.13. The van der Waals surface area contributed by atoms with Gasteiger partial charge in [-0.2, -0.15) is 0 Å². The number of aromatic nitrogens is 2. The third-order valence-electron chi connectivity index (χ3n) is 4.65. The summed E-state index contributed by atoms with van der Waals surface area (Å²) in [6.45, 7) is 0. The molecule has 0 saturated heterocycles. The number of aryl methyl sites for hydroxylation is 1. The minimum absolute atomic E-state index is 0.945. The van der Waals surface area contributed by atoms with E-state index < -0.39 is 0 Å². The van der Waals surface area contributed by atoms with Crippen molar-refractivity contribution in [3.05, 3.63) is 84.2 Å². The average molecular weight is 351 g/mol. The van der Waals surface area contributed by atoms with Crippen LogP contribution in [0.4, 0.5) is 5.69 Å². The highest BCUT2D eigenvalue weighted by Gasteiger charge is 2.09. The van der Waals surface area contributed by atoms with Crippen LogP contribution >= 0.6 is 0 Å².